The molecule has 2 aliphatic rings. The van der Waals surface area contributed by atoms with Gasteiger partial charge in [0.25, 0.3) is 0 Å². The molecule has 23 heavy (non-hydrogen) atoms. The summed E-state index contributed by atoms with van der Waals surface area (Å²) in [6.07, 6.45) is 1.96. The molecule has 8 heteroatoms. The molecule has 0 aromatic carbocycles. The fraction of sp³-hybridized carbons (Fsp3) is 0.800. The van der Waals surface area contributed by atoms with Crippen LogP contribution in [0, 0.1) is 0 Å². The minimum atomic E-state index is -0.823. The summed E-state index contributed by atoms with van der Waals surface area (Å²) in [5.74, 6) is 0.339. The number of carboxylic acid groups (broad SMARTS) is 1. The molecule has 0 bridgehead atoms. The van der Waals surface area contributed by atoms with Gasteiger partial charge in [0.05, 0.1) is 12.4 Å². The number of amides is 2. The van der Waals surface area contributed by atoms with Crippen LogP contribution in [0.5, 0.6) is 0 Å². The molecule has 1 aliphatic carbocycles. The van der Waals surface area contributed by atoms with Crippen LogP contribution >= 0.6 is 11.8 Å². The molecule has 2 N–H and O–H groups in total. The predicted octanol–water partition coefficient (Wildman–Crippen LogP) is 0.352. The third-order valence-electron chi connectivity index (χ3n) is 4.53. The van der Waals surface area contributed by atoms with Crippen molar-refractivity contribution in [2.75, 3.05) is 24.7 Å². The van der Waals surface area contributed by atoms with Crippen molar-refractivity contribution in [3.05, 3.63) is 0 Å². The summed E-state index contributed by atoms with van der Waals surface area (Å²) < 4.78 is 0. The Bertz CT molecular complexity index is 468. The summed E-state index contributed by atoms with van der Waals surface area (Å²) in [4.78, 5) is 38.6. The van der Waals surface area contributed by atoms with Gasteiger partial charge in [-0.2, -0.15) is 0 Å². The van der Waals surface area contributed by atoms with Gasteiger partial charge in [0, 0.05) is 24.3 Å². The number of aliphatic carboxylic acids is 1. The summed E-state index contributed by atoms with van der Waals surface area (Å²) in [5, 5.41) is 11.9. The zero-order valence-electron chi connectivity index (χ0n) is 13.7. The maximum atomic E-state index is 12.4. The van der Waals surface area contributed by atoms with Crippen LogP contribution in [0.3, 0.4) is 0 Å². The number of thioether (sulfide) groups is 1. The number of nitrogens with zero attached hydrogens (tertiary/aromatic N) is 2. The molecule has 1 saturated heterocycles. The summed E-state index contributed by atoms with van der Waals surface area (Å²) >= 11 is 1.60. The normalized spacial score (nSPS) is 26.9. The van der Waals surface area contributed by atoms with Crippen molar-refractivity contribution >= 4 is 29.5 Å². The van der Waals surface area contributed by atoms with Crippen LogP contribution in [0.2, 0.25) is 0 Å². The van der Waals surface area contributed by atoms with Gasteiger partial charge >= 0.3 is 5.97 Å². The zero-order chi connectivity index (χ0) is 17.0. The average molecular weight is 343 g/mol. The quantitative estimate of drug-likeness (QED) is 0.693. The predicted molar refractivity (Wildman–Crippen MR) is 88.1 cm³/mol. The Morgan fingerprint density at radius 3 is 2.57 bits per heavy atom. The van der Waals surface area contributed by atoms with E-state index < -0.39 is 5.97 Å². The number of nitrogens with one attached hydrogen (secondary N) is 1. The van der Waals surface area contributed by atoms with Crippen molar-refractivity contribution in [1.29, 1.82) is 0 Å². The van der Waals surface area contributed by atoms with Gasteiger partial charge in [0.2, 0.25) is 11.8 Å². The van der Waals surface area contributed by atoms with E-state index in [0.29, 0.717) is 24.6 Å². The lowest BCUT2D eigenvalue weighted by molar-refractivity contribution is -0.140. The number of hydrogen-bond donors (Lipinski definition) is 2. The van der Waals surface area contributed by atoms with Crippen LogP contribution in [0.4, 0.5) is 0 Å². The zero-order valence-corrected chi connectivity index (χ0v) is 14.5. The van der Waals surface area contributed by atoms with Crippen molar-refractivity contribution < 1.29 is 19.5 Å². The molecule has 1 atom stereocenters. The Labute approximate surface area is 140 Å². The maximum absolute atomic E-state index is 12.4. The molecule has 0 aromatic heterocycles. The van der Waals surface area contributed by atoms with Crippen molar-refractivity contribution in [2.45, 2.75) is 51.2 Å². The number of carboxylic acids is 1. The lowest BCUT2D eigenvalue weighted by atomic mass is 9.85. The van der Waals surface area contributed by atoms with E-state index in [2.05, 4.69) is 5.32 Å². The molecule has 130 valence electrons. The average Bonchev–Trinajstić information content (AvgIpc) is 2.96. The Hall–Kier alpha value is -1.28. The number of rotatable bonds is 7. The van der Waals surface area contributed by atoms with Gasteiger partial charge in [-0.1, -0.05) is 13.8 Å². The Morgan fingerprint density at radius 1 is 1.30 bits per heavy atom. The monoisotopic (exact) mass is 343 g/mol. The van der Waals surface area contributed by atoms with Gasteiger partial charge in [-0.25, -0.2) is 0 Å². The SMILES string of the molecule is CCC(=O)N1CSCC1C(=O)NC1CC(N(CC)CC(=O)O)C1. The van der Waals surface area contributed by atoms with Gasteiger partial charge in [-0.3, -0.25) is 19.3 Å². The van der Waals surface area contributed by atoms with E-state index in [1.807, 2.05) is 11.8 Å². The number of likely N-dealkylation sites (N-methyl/N-ethyl adjacent to an activating group) is 1. The van der Waals surface area contributed by atoms with Gasteiger partial charge in [-0.05, 0) is 19.4 Å². The van der Waals surface area contributed by atoms with E-state index in [0.717, 1.165) is 12.8 Å². The fourth-order valence-electron chi connectivity index (χ4n) is 3.08. The van der Waals surface area contributed by atoms with Crippen LogP contribution in [-0.4, -0.2) is 75.5 Å². The van der Waals surface area contributed by atoms with Crippen molar-refractivity contribution in [3.63, 3.8) is 0 Å². The van der Waals surface area contributed by atoms with Crippen LogP contribution in [0.1, 0.15) is 33.1 Å². The largest absolute Gasteiger partial charge is 0.480 e. The van der Waals surface area contributed by atoms with Gasteiger partial charge < -0.3 is 15.3 Å². The van der Waals surface area contributed by atoms with Crippen LogP contribution in [0.25, 0.3) is 0 Å². The summed E-state index contributed by atoms with van der Waals surface area (Å²) in [6, 6.07) is -0.0694. The highest BCUT2D eigenvalue weighted by Gasteiger charge is 2.39. The first-order chi connectivity index (χ1) is 11.0. The molecule has 1 heterocycles. The van der Waals surface area contributed by atoms with E-state index in [1.54, 1.807) is 23.6 Å². The Kier molecular flexibility index (Phi) is 6.29. The second kappa shape index (κ2) is 8.01. The van der Waals surface area contributed by atoms with E-state index >= 15 is 0 Å². The molecule has 0 radical (unpaired) electrons. The minimum Gasteiger partial charge on any atom is -0.480 e. The van der Waals surface area contributed by atoms with Crippen LogP contribution in [0.15, 0.2) is 0 Å². The summed E-state index contributed by atoms with van der Waals surface area (Å²) in [5.41, 5.74) is 0. The van der Waals surface area contributed by atoms with E-state index in [1.165, 1.54) is 0 Å². The molecule has 1 unspecified atom stereocenters. The van der Waals surface area contributed by atoms with Crippen molar-refractivity contribution in [3.8, 4) is 0 Å². The number of carbonyl (C=O) groups is 3. The molecule has 2 fully saturated rings. The smallest absolute Gasteiger partial charge is 0.317 e. The second-order valence-electron chi connectivity index (χ2n) is 6.02. The van der Waals surface area contributed by atoms with E-state index in [-0.39, 0.29) is 36.5 Å². The molecule has 2 amide bonds. The molecule has 0 spiro atoms. The molecule has 0 aromatic rings. The summed E-state index contributed by atoms with van der Waals surface area (Å²) in [7, 11) is 0. The standard InChI is InChI=1S/C15H25N3O4S/c1-3-13(19)18-9-23-8-12(18)15(22)16-10-5-11(6-10)17(4-2)7-14(20)21/h10-12H,3-9H2,1-2H3,(H,16,22)(H,20,21). The first-order valence-electron chi connectivity index (χ1n) is 8.09. The number of hydrogen-bond acceptors (Lipinski definition) is 5. The van der Waals surface area contributed by atoms with Crippen molar-refractivity contribution in [1.82, 2.24) is 15.1 Å². The second-order valence-corrected chi connectivity index (χ2v) is 7.02. The first-order valence-corrected chi connectivity index (χ1v) is 9.25. The summed E-state index contributed by atoms with van der Waals surface area (Å²) in [6.45, 7) is 4.48. The van der Waals surface area contributed by atoms with Gasteiger partial charge in [0.15, 0.2) is 0 Å². The molecule has 2 rings (SSSR count). The Morgan fingerprint density at radius 2 is 2.00 bits per heavy atom. The minimum absolute atomic E-state index is 0.0141. The lowest BCUT2D eigenvalue weighted by Crippen LogP contribution is -2.58. The third kappa shape index (κ3) is 4.38. The highest BCUT2D eigenvalue weighted by Crippen LogP contribution is 2.27. The Balaban J connectivity index is 1.79. The lowest BCUT2D eigenvalue weighted by Gasteiger charge is -2.42. The highest BCUT2D eigenvalue weighted by atomic mass is 32.2. The van der Waals surface area contributed by atoms with Gasteiger partial charge in [-0.15, -0.1) is 11.8 Å². The molecule has 7 nitrogen and oxygen atoms in total. The maximum Gasteiger partial charge on any atom is 0.317 e. The molecular weight excluding hydrogens is 318 g/mol. The third-order valence-corrected chi connectivity index (χ3v) is 5.54. The van der Waals surface area contributed by atoms with Crippen LogP contribution in [-0.2, 0) is 14.4 Å². The first kappa shape index (κ1) is 18.1. The van der Waals surface area contributed by atoms with Crippen molar-refractivity contribution in [2.24, 2.45) is 0 Å². The van der Waals surface area contributed by atoms with E-state index in [4.69, 9.17) is 5.11 Å². The fourth-order valence-corrected chi connectivity index (χ4v) is 4.26. The highest BCUT2D eigenvalue weighted by molar-refractivity contribution is 7.99. The topological polar surface area (TPSA) is 90.0 Å². The van der Waals surface area contributed by atoms with Crippen LogP contribution < -0.4 is 5.32 Å². The molecular formula is C15H25N3O4S. The number of carbonyl (C=O) groups excluding carboxylic acids is 2. The molecule has 1 saturated carbocycles. The van der Waals surface area contributed by atoms with Gasteiger partial charge in [0.1, 0.15) is 6.04 Å². The molecule has 1 aliphatic heterocycles. The van der Waals surface area contributed by atoms with E-state index in [9.17, 15) is 14.4 Å².